The zero-order valence-electron chi connectivity index (χ0n) is 16.1. The highest BCUT2D eigenvalue weighted by atomic mass is 35.5. The second-order valence-corrected chi connectivity index (χ2v) is 7.11. The van der Waals surface area contributed by atoms with Crippen molar-refractivity contribution in [3.63, 3.8) is 0 Å². The molecule has 2 heterocycles. The van der Waals surface area contributed by atoms with E-state index in [9.17, 15) is 0 Å². The van der Waals surface area contributed by atoms with Crippen molar-refractivity contribution in [1.29, 1.82) is 0 Å². The number of nitrogens with one attached hydrogen (secondary N) is 1. The summed E-state index contributed by atoms with van der Waals surface area (Å²) in [5.41, 5.74) is 1.92. The highest BCUT2D eigenvalue weighted by Gasteiger charge is 2.15. The topological polar surface area (TPSA) is 78.6 Å². The van der Waals surface area contributed by atoms with E-state index < -0.39 is 0 Å². The highest BCUT2D eigenvalue weighted by Crippen LogP contribution is 2.27. The molecule has 0 spiro atoms. The van der Waals surface area contributed by atoms with Crippen LogP contribution < -0.4 is 14.8 Å². The minimum atomic E-state index is 0.161. The summed E-state index contributed by atoms with van der Waals surface area (Å²) in [7, 11) is 1.62. The molecule has 1 unspecified atom stereocenters. The number of rotatable bonds is 7. The molecule has 0 bridgehead atoms. The molecule has 2 aromatic carbocycles. The Hall–Kier alpha value is -2.61. The molecule has 1 saturated heterocycles. The van der Waals surface area contributed by atoms with Crippen molar-refractivity contribution in [2.75, 3.05) is 26.8 Å². The lowest BCUT2D eigenvalue weighted by molar-refractivity contribution is 0.0292. The standard InChI is InChI=1S/C21H22ClN3O4/c1-26-16-5-3-15(4-6-16)21-24-20(25-29-21)13-28-19-7-2-14(11-18(19)22)10-17-12-23-8-9-27-17/h2-7,11,17,23H,8-10,12-13H2,1H3. The summed E-state index contributed by atoms with van der Waals surface area (Å²) >= 11 is 6.39. The number of aromatic nitrogens is 2. The summed E-state index contributed by atoms with van der Waals surface area (Å²) in [6.07, 6.45) is 0.977. The van der Waals surface area contributed by atoms with E-state index in [0.717, 1.165) is 43.0 Å². The molecule has 152 valence electrons. The van der Waals surface area contributed by atoms with Crippen LogP contribution >= 0.6 is 11.6 Å². The number of hydrogen-bond donors (Lipinski definition) is 1. The lowest BCUT2D eigenvalue weighted by Crippen LogP contribution is -2.39. The van der Waals surface area contributed by atoms with Crippen molar-refractivity contribution in [3.8, 4) is 23.0 Å². The van der Waals surface area contributed by atoms with Gasteiger partial charge in [-0.25, -0.2) is 0 Å². The molecule has 0 aliphatic carbocycles. The largest absolute Gasteiger partial charge is 0.497 e. The molecule has 1 N–H and O–H groups in total. The van der Waals surface area contributed by atoms with Crippen LogP contribution in [-0.2, 0) is 17.8 Å². The minimum Gasteiger partial charge on any atom is -0.497 e. The van der Waals surface area contributed by atoms with E-state index in [1.54, 1.807) is 7.11 Å². The predicted octanol–water partition coefficient (Wildman–Crippen LogP) is 3.51. The second kappa shape index (κ2) is 9.26. The van der Waals surface area contributed by atoms with Crippen LogP contribution in [0.4, 0.5) is 0 Å². The third kappa shape index (κ3) is 5.06. The van der Waals surface area contributed by atoms with Gasteiger partial charge in [-0.05, 0) is 48.4 Å². The molecule has 0 amide bonds. The van der Waals surface area contributed by atoms with E-state index in [2.05, 4.69) is 15.5 Å². The maximum Gasteiger partial charge on any atom is 0.258 e. The Balaban J connectivity index is 1.35. The van der Waals surface area contributed by atoms with Gasteiger partial charge >= 0.3 is 0 Å². The SMILES string of the molecule is COc1ccc(-c2nc(COc3ccc(CC4CNCCO4)cc3Cl)no2)cc1. The van der Waals surface area contributed by atoms with Crippen LogP contribution in [0.1, 0.15) is 11.4 Å². The Morgan fingerprint density at radius 1 is 1.21 bits per heavy atom. The Kier molecular flexibility index (Phi) is 6.29. The van der Waals surface area contributed by atoms with Crippen LogP contribution in [0, 0.1) is 0 Å². The first-order valence-electron chi connectivity index (χ1n) is 9.42. The van der Waals surface area contributed by atoms with Gasteiger partial charge in [-0.1, -0.05) is 22.8 Å². The van der Waals surface area contributed by atoms with Gasteiger partial charge in [0, 0.05) is 18.7 Å². The van der Waals surface area contributed by atoms with Gasteiger partial charge in [-0.3, -0.25) is 0 Å². The van der Waals surface area contributed by atoms with Crippen molar-refractivity contribution in [3.05, 3.63) is 58.9 Å². The van der Waals surface area contributed by atoms with Gasteiger partial charge < -0.3 is 24.1 Å². The average molecular weight is 416 g/mol. The molecule has 7 nitrogen and oxygen atoms in total. The number of methoxy groups -OCH3 is 1. The maximum atomic E-state index is 6.39. The van der Waals surface area contributed by atoms with Crippen molar-refractivity contribution in [2.45, 2.75) is 19.1 Å². The third-order valence-corrected chi connectivity index (χ3v) is 4.92. The van der Waals surface area contributed by atoms with Crippen molar-refractivity contribution in [1.82, 2.24) is 15.5 Å². The van der Waals surface area contributed by atoms with Crippen LogP contribution in [-0.4, -0.2) is 43.1 Å². The van der Waals surface area contributed by atoms with Crippen LogP contribution in [0.25, 0.3) is 11.5 Å². The molecule has 1 aromatic heterocycles. The Labute approximate surface area is 173 Å². The van der Waals surface area contributed by atoms with E-state index in [1.165, 1.54) is 0 Å². The zero-order valence-corrected chi connectivity index (χ0v) is 16.8. The normalized spacial score (nSPS) is 16.6. The van der Waals surface area contributed by atoms with Crippen LogP contribution in [0.3, 0.4) is 0 Å². The van der Waals surface area contributed by atoms with Crippen molar-refractivity contribution >= 4 is 11.6 Å². The van der Waals surface area contributed by atoms with Crippen molar-refractivity contribution in [2.24, 2.45) is 0 Å². The van der Waals surface area contributed by atoms with Crippen LogP contribution in [0.5, 0.6) is 11.5 Å². The van der Waals surface area contributed by atoms with E-state index in [1.807, 2.05) is 42.5 Å². The first-order valence-corrected chi connectivity index (χ1v) is 9.79. The highest BCUT2D eigenvalue weighted by molar-refractivity contribution is 6.32. The maximum absolute atomic E-state index is 6.39. The van der Waals surface area contributed by atoms with Gasteiger partial charge in [0.2, 0.25) is 5.82 Å². The molecule has 4 rings (SSSR count). The molecule has 0 saturated carbocycles. The lowest BCUT2D eigenvalue weighted by atomic mass is 10.1. The lowest BCUT2D eigenvalue weighted by Gasteiger charge is -2.23. The molecule has 1 atom stereocenters. The first-order chi connectivity index (χ1) is 14.2. The fraction of sp³-hybridized carbons (Fsp3) is 0.333. The van der Waals surface area contributed by atoms with Gasteiger partial charge in [0.1, 0.15) is 11.5 Å². The number of hydrogen-bond acceptors (Lipinski definition) is 7. The summed E-state index contributed by atoms with van der Waals surface area (Å²) in [6.45, 7) is 2.65. The molecule has 1 aliphatic heterocycles. The minimum absolute atomic E-state index is 0.161. The van der Waals surface area contributed by atoms with Gasteiger partial charge in [0.15, 0.2) is 6.61 Å². The van der Waals surface area contributed by atoms with Crippen LogP contribution in [0.15, 0.2) is 47.0 Å². The number of nitrogens with zero attached hydrogens (tertiary/aromatic N) is 2. The summed E-state index contributed by atoms with van der Waals surface area (Å²) in [5, 5.41) is 7.84. The molecule has 8 heteroatoms. The second-order valence-electron chi connectivity index (χ2n) is 6.70. The van der Waals surface area contributed by atoms with E-state index in [0.29, 0.717) is 22.5 Å². The summed E-state index contributed by atoms with van der Waals surface area (Å²) in [6, 6.07) is 13.2. The van der Waals surface area contributed by atoms with Crippen LogP contribution in [0.2, 0.25) is 5.02 Å². The number of morpholine rings is 1. The summed E-state index contributed by atoms with van der Waals surface area (Å²) < 4.78 is 22.0. The molecule has 29 heavy (non-hydrogen) atoms. The molecular weight excluding hydrogens is 394 g/mol. The van der Waals surface area contributed by atoms with Crippen molar-refractivity contribution < 1.29 is 18.7 Å². The Morgan fingerprint density at radius 2 is 2.07 bits per heavy atom. The Morgan fingerprint density at radius 3 is 2.79 bits per heavy atom. The van der Waals surface area contributed by atoms with E-state index in [-0.39, 0.29) is 12.7 Å². The van der Waals surface area contributed by atoms with Gasteiger partial charge in [0.05, 0.1) is 24.8 Å². The summed E-state index contributed by atoms with van der Waals surface area (Å²) in [4.78, 5) is 4.37. The molecule has 0 radical (unpaired) electrons. The molecule has 3 aromatic rings. The molecule has 1 fully saturated rings. The van der Waals surface area contributed by atoms with Gasteiger partial charge in [-0.2, -0.15) is 4.98 Å². The predicted molar refractivity (Wildman–Crippen MR) is 108 cm³/mol. The van der Waals surface area contributed by atoms with Gasteiger partial charge in [0.25, 0.3) is 5.89 Å². The van der Waals surface area contributed by atoms with Gasteiger partial charge in [-0.15, -0.1) is 0 Å². The number of benzene rings is 2. The zero-order chi connectivity index (χ0) is 20.1. The fourth-order valence-electron chi connectivity index (χ4n) is 3.11. The number of halogens is 1. The molecule has 1 aliphatic rings. The number of ether oxygens (including phenoxy) is 3. The monoisotopic (exact) mass is 415 g/mol. The average Bonchev–Trinajstić information content (AvgIpc) is 3.23. The summed E-state index contributed by atoms with van der Waals surface area (Å²) in [5.74, 6) is 2.21. The smallest absolute Gasteiger partial charge is 0.258 e. The van der Waals surface area contributed by atoms with E-state index >= 15 is 0 Å². The molecular formula is C21H22ClN3O4. The first kappa shape index (κ1) is 19.7. The Bertz CT molecular complexity index is 939. The van der Waals surface area contributed by atoms with E-state index in [4.69, 9.17) is 30.3 Å². The fourth-order valence-corrected chi connectivity index (χ4v) is 3.37. The third-order valence-electron chi connectivity index (χ3n) is 4.63. The quantitative estimate of drug-likeness (QED) is 0.632.